The second-order valence-corrected chi connectivity index (χ2v) is 12.8. The second kappa shape index (κ2) is 24.4. The van der Waals surface area contributed by atoms with Gasteiger partial charge in [-0.05, 0) is 78.3 Å². The quantitative estimate of drug-likeness (QED) is 0.0743. The van der Waals surface area contributed by atoms with E-state index < -0.39 is 0 Å². The number of hydrogen-bond acceptors (Lipinski definition) is 7. The topological polar surface area (TPSA) is 111 Å². The molecule has 1 aliphatic rings. The summed E-state index contributed by atoms with van der Waals surface area (Å²) in [5.41, 5.74) is 11.2. The highest BCUT2D eigenvalue weighted by atomic mass is 16.5. The molecule has 0 fully saturated rings. The predicted octanol–water partition coefficient (Wildman–Crippen LogP) is 10.4. The fraction of sp³-hybridized carbons (Fsp3) is 0.548. The molecule has 0 aliphatic heterocycles. The summed E-state index contributed by atoms with van der Waals surface area (Å²) < 4.78 is 12.5. The fourth-order valence-electron chi connectivity index (χ4n) is 5.25. The van der Waals surface area contributed by atoms with E-state index in [0.29, 0.717) is 44.1 Å². The number of aliphatic hydroxyl groups is 1. The first-order valence-electron chi connectivity index (χ1n) is 18.4. The van der Waals surface area contributed by atoms with Crippen molar-refractivity contribution in [1.82, 2.24) is 5.01 Å². The maximum Gasteiger partial charge on any atom is 0.153 e. The van der Waals surface area contributed by atoms with Crippen molar-refractivity contribution in [1.29, 1.82) is 0 Å². The SMILES string of the molecule is CC.CC.CC.CCC(C)Cc1cc(OCc2ccccc2)cc(C)c1OCCCCN(N)/C=C(\N)C1C=C(C=O)C(O)=C(C(C)(C)C)C1. The Balaban J connectivity index is 0.00000363. The minimum atomic E-state index is -0.282. The minimum absolute atomic E-state index is 0.0630. The Hall–Kier alpha value is -3.71. The Labute approximate surface area is 299 Å². The molecule has 1 aliphatic carbocycles. The van der Waals surface area contributed by atoms with Gasteiger partial charge in [-0.1, -0.05) is 119 Å². The number of aryl methyl sites for hydroxylation is 1. The van der Waals surface area contributed by atoms with Crippen LogP contribution in [-0.2, 0) is 17.8 Å². The largest absolute Gasteiger partial charge is 0.507 e. The van der Waals surface area contributed by atoms with Crippen LogP contribution in [0.2, 0.25) is 0 Å². The van der Waals surface area contributed by atoms with Crippen LogP contribution in [0.3, 0.4) is 0 Å². The van der Waals surface area contributed by atoms with Gasteiger partial charge in [0, 0.05) is 24.4 Å². The number of allylic oxidation sites excluding steroid dienone is 3. The van der Waals surface area contributed by atoms with Crippen LogP contribution >= 0.6 is 0 Å². The maximum absolute atomic E-state index is 11.6. The third kappa shape index (κ3) is 15.6. The van der Waals surface area contributed by atoms with Crippen LogP contribution in [0.4, 0.5) is 0 Å². The summed E-state index contributed by atoms with van der Waals surface area (Å²) in [5.74, 6) is 8.47. The highest BCUT2D eigenvalue weighted by molar-refractivity contribution is 5.80. The molecule has 7 heteroatoms. The molecular formula is C42H69N3O4. The van der Waals surface area contributed by atoms with Gasteiger partial charge in [0.05, 0.1) is 12.2 Å². The molecule has 2 aromatic rings. The Morgan fingerprint density at radius 1 is 1.04 bits per heavy atom. The van der Waals surface area contributed by atoms with Crippen molar-refractivity contribution >= 4 is 6.29 Å². The van der Waals surface area contributed by atoms with Crippen LogP contribution in [0.5, 0.6) is 11.5 Å². The number of hydrazine groups is 1. The van der Waals surface area contributed by atoms with Crippen molar-refractivity contribution in [2.75, 3.05) is 13.2 Å². The molecule has 5 N–H and O–H groups in total. The molecule has 0 amide bonds. The molecule has 0 radical (unpaired) electrons. The van der Waals surface area contributed by atoms with Crippen LogP contribution in [0.1, 0.15) is 119 Å². The molecule has 2 atom stereocenters. The average molecular weight is 680 g/mol. The Morgan fingerprint density at radius 3 is 2.24 bits per heavy atom. The zero-order valence-electron chi connectivity index (χ0n) is 32.9. The van der Waals surface area contributed by atoms with Gasteiger partial charge in [-0.15, -0.1) is 0 Å². The maximum atomic E-state index is 11.6. The lowest BCUT2D eigenvalue weighted by molar-refractivity contribution is -0.105. The van der Waals surface area contributed by atoms with Gasteiger partial charge < -0.3 is 25.3 Å². The van der Waals surface area contributed by atoms with Crippen LogP contribution in [0, 0.1) is 24.2 Å². The lowest BCUT2D eigenvalue weighted by atomic mass is 9.75. The number of aliphatic hydroxyl groups excluding tert-OH is 1. The van der Waals surface area contributed by atoms with Crippen molar-refractivity contribution in [2.45, 2.75) is 122 Å². The molecule has 0 saturated carbocycles. The normalized spacial score (nSPS) is 14.8. The van der Waals surface area contributed by atoms with E-state index in [1.165, 1.54) is 5.56 Å². The third-order valence-corrected chi connectivity index (χ3v) is 8.04. The van der Waals surface area contributed by atoms with Crippen molar-refractivity contribution in [2.24, 2.45) is 28.8 Å². The van der Waals surface area contributed by atoms with Gasteiger partial charge in [0.25, 0.3) is 0 Å². The zero-order valence-corrected chi connectivity index (χ0v) is 32.9. The molecule has 276 valence electrons. The number of nitrogens with zero attached hydrogens (tertiary/aromatic N) is 1. The predicted molar refractivity (Wildman–Crippen MR) is 208 cm³/mol. The summed E-state index contributed by atoms with van der Waals surface area (Å²) in [5, 5.41) is 12.1. The first-order valence-corrected chi connectivity index (χ1v) is 18.4. The zero-order chi connectivity index (χ0) is 37.6. The molecule has 0 aromatic heterocycles. The van der Waals surface area contributed by atoms with Crippen molar-refractivity contribution < 1.29 is 19.4 Å². The Bertz CT molecular complexity index is 1310. The monoisotopic (exact) mass is 680 g/mol. The molecule has 2 unspecified atom stereocenters. The summed E-state index contributed by atoms with van der Waals surface area (Å²) in [7, 11) is 0. The highest BCUT2D eigenvalue weighted by Crippen LogP contribution is 2.39. The number of carbonyl (C=O) groups excluding carboxylic acids is 1. The molecule has 49 heavy (non-hydrogen) atoms. The van der Waals surface area contributed by atoms with E-state index in [-0.39, 0.29) is 22.7 Å². The summed E-state index contributed by atoms with van der Waals surface area (Å²) in [4.78, 5) is 11.6. The summed E-state index contributed by atoms with van der Waals surface area (Å²) in [6.45, 7) is 26.3. The molecule has 3 rings (SSSR count). The van der Waals surface area contributed by atoms with Gasteiger partial charge in [-0.2, -0.15) is 0 Å². The van der Waals surface area contributed by atoms with Crippen LogP contribution < -0.4 is 21.1 Å². The van der Waals surface area contributed by atoms with Crippen molar-refractivity contribution in [3.8, 4) is 11.5 Å². The number of rotatable bonds is 15. The van der Waals surface area contributed by atoms with E-state index in [0.717, 1.165) is 53.9 Å². The number of unbranched alkanes of at least 4 members (excludes halogenated alkanes) is 1. The standard InChI is InChI=1S/C36H51N3O4.3C2H6/c1-7-25(2)17-29-20-31(43-24-27-13-9-8-10-14-27)18-26(3)35(29)42-16-12-11-15-39(38)22-33(37)28-19-30(23-40)34(41)32(21-28)36(4,5)6;3*1-2/h8-10,13-14,18-20,22-23,25,28,41H,7,11-12,15-17,21,24,37-38H2,1-6H3;3*1-2H3/b33-22-;;;. The van der Waals surface area contributed by atoms with Crippen molar-refractivity contribution in [3.63, 3.8) is 0 Å². The molecule has 0 bridgehead atoms. The minimum Gasteiger partial charge on any atom is -0.507 e. The van der Waals surface area contributed by atoms with E-state index in [1.54, 1.807) is 17.3 Å². The van der Waals surface area contributed by atoms with Gasteiger partial charge in [-0.3, -0.25) is 4.79 Å². The van der Waals surface area contributed by atoms with E-state index in [4.69, 9.17) is 21.1 Å². The van der Waals surface area contributed by atoms with Gasteiger partial charge >= 0.3 is 0 Å². The van der Waals surface area contributed by atoms with Crippen LogP contribution in [0.15, 0.2) is 77.3 Å². The van der Waals surface area contributed by atoms with Gasteiger partial charge in [0.15, 0.2) is 6.29 Å². The summed E-state index contributed by atoms with van der Waals surface area (Å²) >= 11 is 0. The summed E-state index contributed by atoms with van der Waals surface area (Å²) in [6, 6.07) is 14.4. The molecular weight excluding hydrogens is 610 g/mol. The molecule has 0 heterocycles. The number of carbonyl (C=O) groups is 1. The third-order valence-electron chi connectivity index (χ3n) is 8.04. The van der Waals surface area contributed by atoms with Crippen LogP contribution in [0.25, 0.3) is 0 Å². The highest BCUT2D eigenvalue weighted by Gasteiger charge is 2.30. The second-order valence-electron chi connectivity index (χ2n) is 12.8. The Morgan fingerprint density at radius 2 is 1.67 bits per heavy atom. The van der Waals surface area contributed by atoms with Crippen LogP contribution in [-0.4, -0.2) is 29.6 Å². The van der Waals surface area contributed by atoms with E-state index in [2.05, 4.69) is 45.0 Å². The van der Waals surface area contributed by atoms with Gasteiger partial charge in [0.2, 0.25) is 0 Å². The lowest BCUT2D eigenvalue weighted by Gasteiger charge is -2.31. The molecule has 7 nitrogen and oxygen atoms in total. The molecule has 2 aromatic carbocycles. The first kappa shape index (κ1) is 45.3. The fourth-order valence-corrected chi connectivity index (χ4v) is 5.25. The van der Waals surface area contributed by atoms with Gasteiger partial charge in [-0.25, -0.2) is 5.84 Å². The van der Waals surface area contributed by atoms with Crippen molar-refractivity contribution in [3.05, 3.63) is 94.0 Å². The molecule has 0 spiro atoms. The van der Waals surface area contributed by atoms with E-state index >= 15 is 0 Å². The smallest absolute Gasteiger partial charge is 0.153 e. The lowest BCUT2D eigenvalue weighted by Crippen LogP contribution is -2.30. The van der Waals surface area contributed by atoms with E-state index in [9.17, 15) is 9.90 Å². The van der Waals surface area contributed by atoms with Gasteiger partial charge in [0.1, 0.15) is 23.9 Å². The average Bonchev–Trinajstić information content (AvgIpc) is 3.10. The Kier molecular flexibility index (Phi) is 22.6. The number of nitrogens with two attached hydrogens (primary N) is 2. The number of aldehydes is 1. The molecule has 0 saturated heterocycles. The first-order chi connectivity index (χ1) is 23.4. The van der Waals surface area contributed by atoms with E-state index in [1.807, 2.05) is 80.5 Å². The summed E-state index contributed by atoms with van der Waals surface area (Å²) in [6.07, 6.45) is 8.37. The number of benzene rings is 2. The number of ether oxygens (including phenoxy) is 2. The number of hydrogen-bond donors (Lipinski definition) is 3.